The molecule has 1 aromatic heterocycles. The molecule has 164 valence electrons. The van der Waals surface area contributed by atoms with E-state index in [1.165, 1.54) is 0 Å². The summed E-state index contributed by atoms with van der Waals surface area (Å²) in [7, 11) is 0. The van der Waals surface area contributed by atoms with E-state index >= 15 is 0 Å². The van der Waals surface area contributed by atoms with Crippen LogP contribution in [0, 0.1) is 22.7 Å². The topological polar surface area (TPSA) is 86.0 Å². The van der Waals surface area contributed by atoms with E-state index in [0.29, 0.717) is 31.3 Å². The van der Waals surface area contributed by atoms with Crippen molar-refractivity contribution in [3.05, 3.63) is 47.0 Å². The van der Waals surface area contributed by atoms with Gasteiger partial charge in [-0.1, -0.05) is 24.1 Å². The van der Waals surface area contributed by atoms with Gasteiger partial charge in [0.05, 0.1) is 18.1 Å². The molecular weight excluding hydrogens is 396 g/mol. The molecule has 3 aliphatic carbocycles. The van der Waals surface area contributed by atoms with Gasteiger partial charge >= 0.3 is 11.9 Å². The zero-order chi connectivity index (χ0) is 22.0. The molecule has 0 radical (unpaired) electrons. The lowest BCUT2D eigenvalue weighted by Crippen LogP contribution is -2.53. The van der Waals surface area contributed by atoms with Crippen LogP contribution in [-0.4, -0.2) is 28.2 Å². The van der Waals surface area contributed by atoms with Crippen LogP contribution in [0.15, 0.2) is 45.8 Å². The van der Waals surface area contributed by atoms with Crippen LogP contribution in [0.1, 0.15) is 65.0 Å². The lowest BCUT2D eigenvalue weighted by molar-refractivity contribution is -0.173. The van der Waals surface area contributed by atoms with Crippen molar-refractivity contribution in [2.45, 2.75) is 70.7 Å². The lowest BCUT2D eigenvalue weighted by Gasteiger charge is -2.45. The highest BCUT2D eigenvalue weighted by atomic mass is 16.6. The molecule has 2 bridgehead atoms. The lowest BCUT2D eigenvalue weighted by atomic mass is 9.57. The minimum Gasteiger partial charge on any atom is -0.472 e. The molecule has 6 nitrogen and oxygen atoms in total. The molecule has 1 N–H and O–H groups in total. The van der Waals surface area contributed by atoms with Gasteiger partial charge in [-0.2, -0.15) is 0 Å². The number of hydrogen-bond donors (Lipinski definition) is 1. The molecule has 6 heteroatoms. The van der Waals surface area contributed by atoms with Crippen LogP contribution >= 0.6 is 0 Å². The number of cyclic esters (lactones) is 1. The molecule has 2 saturated heterocycles. The number of furan rings is 1. The summed E-state index contributed by atoms with van der Waals surface area (Å²) in [5.74, 6) is -1.01. The normalized spacial score (nSPS) is 44.8. The average molecular weight is 424 g/mol. The summed E-state index contributed by atoms with van der Waals surface area (Å²) < 4.78 is 17.1. The monoisotopic (exact) mass is 424 g/mol. The Morgan fingerprint density at radius 2 is 1.94 bits per heavy atom. The quantitative estimate of drug-likeness (QED) is 0.541. The van der Waals surface area contributed by atoms with Gasteiger partial charge in [-0.3, -0.25) is 4.79 Å². The standard InChI is InChI=1S/C25H28O6/c1-13-9-25-16-5-7-23(4)18(20(26)30-19(23)14-6-8-29-12-14)15(16)10-24(25,28)11-17(13)22(2,3)31-21(25)27/h6,8-9,12,16-17,19,28H,5,7,10-11H2,1-4H3/t16?,17-,19+,23-,24+,25-/m1/s1. The number of fused-ring (bicyclic) bond motifs is 4. The number of hydrogen-bond acceptors (Lipinski definition) is 6. The van der Waals surface area contributed by atoms with Gasteiger partial charge in [0.1, 0.15) is 17.1 Å². The summed E-state index contributed by atoms with van der Waals surface area (Å²) in [5, 5.41) is 12.0. The summed E-state index contributed by atoms with van der Waals surface area (Å²) in [5.41, 5.74) is -0.120. The third kappa shape index (κ3) is 2.08. The molecule has 1 spiro atoms. The maximum atomic E-state index is 13.6. The van der Waals surface area contributed by atoms with E-state index in [2.05, 4.69) is 6.92 Å². The Labute approximate surface area is 181 Å². The predicted molar refractivity (Wildman–Crippen MR) is 109 cm³/mol. The van der Waals surface area contributed by atoms with E-state index in [-0.39, 0.29) is 23.8 Å². The first-order valence-corrected chi connectivity index (χ1v) is 11.2. The van der Waals surface area contributed by atoms with Crippen LogP contribution in [0.25, 0.3) is 0 Å². The molecule has 0 amide bonds. The first kappa shape index (κ1) is 19.4. The molecule has 6 atom stereocenters. The van der Waals surface area contributed by atoms with Gasteiger partial charge in [0, 0.05) is 28.4 Å². The molecule has 1 unspecified atom stereocenters. The van der Waals surface area contributed by atoms with Crippen LogP contribution in [0.2, 0.25) is 0 Å². The fraction of sp³-hybridized carbons (Fsp3) is 0.600. The maximum Gasteiger partial charge on any atom is 0.335 e. The Morgan fingerprint density at radius 3 is 2.65 bits per heavy atom. The molecule has 7 rings (SSSR count). The smallest absolute Gasteiger partial charge is 0.335 e. The van der Waals surface area contributed by atoms with Crippen molar-refractivity contribution in [3.8, 4) is 0 Å². The Morgan fingerprint density at radius 1 is 1.16 bits per heavy atom. The number of carbonyl (C=O) groups excluding carboxylic acids is 2. The summed E-state index contributed by atoms with van der Waals surface area (Å²) in [4.78, 5) is 26.8. The van der Waals surface area contributed by atoms with Gasteiger partial charge in [-0.15, -0.1) is 0 Å². The predicted octanol–water partition coefficient (Wildman–Crippen LogP) is 4.01. The Hall–Kier alpha value is -2.34. The second-order valence-corrected chi connectivity index (χ2v) is 11.0. The Kier molecular flexibility index (Phi) is 3.45. The minimum absolute atomic E-state index is 0.0524. The third-order valence-corrected chi connectivity index (χ3v) is 9.00. The van der Waals surface area contributed by atoms with E-state index in [9.17, 15) is 14.7 Å². The van der Waals surface area contributed by atoms with E-state index in [1.54, 1.807) is 12.5 Å². The molecular formula is C25H28O6. The van der Waals surface area contributed by atoms with Crippen LogP contribution in [0.4, 0.5) is 0 Å². The van der Waals surface area contributed by atoms with E-state index in [1.807, 2.05) is 32.9 Å². The molecule has 6 aliphatic rings. The number of carbonyl (C=O) groups is 2. The molecule has 4 heterocycles. The van der Waals surface area contributed by atoms with Crippen LogP contribution in [0.5, 0.6) is 0 Å². The highest BCUT2D eigenvalue weighted by Gasteiger charge is 2.73. The summed E-state index contributed by atoms with van der Waals surface area (Å²) in [6.45, 7) is 7.95. The maximum absolute atomic E-state index is 13.6. The van der Waals surface area contributed by atoms with Crippen molar-refractivity contribution in [1.29, 1.82) is 0 Å². The Balaban J connectivity index is 1.55. The van der Waals surface area contributed by atoms with Crippen molar-refractivity contribution >= 4 is 11.9 Å². The van der Waals surface area contributed by atoms with Crippen molar-refractivity contribution in [3.63, 3.8) is 0 Å². The van der Waals surface area contributed by atoms with Crippen molar-refractivity contribution in [1.82, 2.24) is 0 Å². The van der Waals surface area contributed by atoms with Gasteiger partial charge in [-0.05, 0) is 52.5 Å². The molecule has 3 aliphatic heterocycles. The van der Waals surface area contributed by atoms with E-state index in [0.717, 1.165) is 16.7 Å². The van der Waals surface area contributed by atoms with E-state index < -0.39 is 28.1 Å². The number of aliphatic hydroxyl groups is 1. The first-order chi connectivity index (χ1) is 14.5. The van der Waals surface area contributed by atoms with Crippen LogP contribution < -0.4 is 0 Å². The average Bonchev–Trinajstić information content (AvgIpc) is 3.33. The Bertz CT molecular complexity index is 1080. The largest absolute Gasteiger partial charge is 0.472 e. The summed E-state index contributed by atoms with van der Waals surface area (Å²) >= 11 is 0. The van der Waals surface area contributed by atoms with Gasteiger partial charge in [0.2, 0.25) is 0 Å². The van der Waals surface area contributed by atoms with Crippen LogP contribution in [0.3, 0.4) is 0 Å². The van der Waals surface area contributed by atoms with Crippen molar-refractivity contribution in [2.24, 2.45) is 22.7 Å². The van der Waals surface area contributed by atoms with Gasteiger partial charge < -0.3 is 19.0 Å². The SMILES string of the molecule is CC1=C[C@@]23C(=O)OC(C)(C)[C@@H]1C[C@@]2(O)CC1=C2C(=O)O[C@@H](c4ccoc4)[C@]2(C)CCC13. The van der Waals surface area contributed by atoms with Crippen molar-refractivity contribution in [2.75, 3.05) is 0 Å². The second kappa shape index (κ2) is 5.52. The number of esters is 2. The van der Waals surface area contributed by atoms with Gasteiger partial charge in [0.15, 0.2) is 0 Å². The molecule has 3 fully saturated rings. The summed E-state index contributed by atoms with van der Waals surface area (Å²) in [6.07, 6.45) is 6.91. The number of rotatable bonds is 1. The zero-order valence-corrected chi connectivity index (χ0v) is 18.4. The minimum atomic E-state index is -1.26. The molecule has 0 aromatic carbocycles. The summed E-state index contributed by atoms with van der Waals surface area (Å²) in [6, 6.07) is 1.83. The molecule has 1 aromatic rings. The first-order valence-electron chi connectivity index (χ1n) is 11.2. The fourth-order valence-electron chi connectivity index (χ4n) is 7.58. The molecule has 31 heavy (non-hydrogen) atoms. The zero-order valence-electron chi connectivity index (χ0n) is 18.4. The molecule has 1 saturated carbocycles. The number of ether oxygens (including phenoxy) is 2. The second-order valence-electron chi connectivity index (χ2n) is 11.0. The van der Waals surface area contributed by atoms with E-state index in [4.69, 9.17) is 13.9 Å². The third-order valence-electron chi connectivity index (χ3n) is 9.00. The fourth-order valence-corrected chi connectivity index (χ4v) is 7.58. The van der Waals surface area contributed by atoms with Gasteiger partial charge in [-0.25, -0.2) is 4.79 Å². The highest BCUT2D eigenvalue weighted by molar-refractivity contribution is 5.95. The van der Waals surface area contributed by atoms with Crippen LogP contribution in [-0.2, 0) is 19.1 Å². The van der Waals surface area contributed by atoms with Gasteiger partial charge in [0.25, 0.3) is 0 Å². The highest BCUT2D eigenvalue weighted by Crippen LogP contribution is 2.70. The van der Waals surface area contributed by atoms with Crippen molar-refractivity contribution < 1.29 is 28.6 Å².